The van der Waals surface area contributed by atoms with Gasteiger partial charge in [-0.25, -0.2) is 9.37 Å². The molecule has 0 bridgehead atoms. The fourth-order valence-electron chi connectivity index (χ4n) is 1.72. The van der Waals surface area contributed by atoms with Gasteiger partial charge in [0.1, 0.15) is 11.6 Å². The summed E-state index contributed by atoms with van der Waals surface area (Å²) in [6, 6.07) is 5.88. The number of carbonyl (C=O) groups excluding carboxylic acids is 1. The molecule has 1 aromatic heterocycles. The summed E-state index contributed by atoms with van der Waals surface area (Å²) in [6.45, 7) is 1.06. The first-order valence-corrected chi connectivity index (χ1v) is 7.79. The minimum atomic E-state index is -0.287. The summed E-state index contributed by atoms with van der Waals surface area (Å²) < 4.78 is 18.2. The summed E-state index contributed by atoms with van der Waals surface area (Å²) in [7, 11) is 1.74. The van der Waals surface area contributed by atoms with Gasteiger partial charge in [0.25, 0.3) is 0 Å². The Labute approximate surface area is 132 Å². The van der Waals surface area contributed by atoms with Crippen molar-refractivity contribution in [3.05, 3.63) is 52.7 Å². The van der Waals surface area contributed by atoms with Gasteiger partial charge in [0.15, 0.2) is 0 Å². The zero-order valence-corrected chi connectivity index (χ0v) is 13.1. The number of amides is 1. The molecule has 6 heteroatoms. The van der Waals surface area contributed by atoms with Crippen molar-refractivity contribution in [2.24, 2.45) is 0 Å². The Morgan fingerprint density at radius 3 is 2.86 bits per heavy atom. The van der Waals surface area contributed by atoms with E-state index in [1.54, 1.807) is 35.7 Å². The van der Waals surface area contributed by atoms with Crippen LogP contribution in [0.2, 0.25) is 0 Å². The van der Waals surface area contributed by atoms with Crippen molar-refractivity contribution in [2.45, 2.75) is 6.42 Å². The highest BCUT2D eigenvalue weighted by Gasteiger charge is 2.04. The number of hydrogen-bond acceptors (Lipinski definition) is 4. The molecule has 1 amide bonds. The van der Waals surface area contributed by atoms with Crippen LogP contribution in [0.25, 0.3) is 6.08 Å². The van der Waals surface area contributed by atoms with Gasteiger partial charge in [-0.3, -0.25) is 4.79 Å². The summed E-state index contributed by atoms with van der Waals surface area (Å²) in [5, 5.41) is 1.88. The largest absolute Gasteiger partial charge is 0.494 e. The number of halogens is 1. The average molecular weight is 320 g/mol. The molecule has 0 aliphatic carbocycles. The van der Waals surface area contributed by atoms with E-state index in [1.165, 1.54) is 29.5 Å². The van der Waals surface area contributed by atoms with Gasteiger partial charge in [-0.1, -0.05) is 0 Å². The first kappa shape index (κ1) is 16.2. The van der Waals surface area contributed by atoms with Crippen LogP contribution in [-0.4, -0.2) is 36.0 Å². The van der Waals surface area contributed by atoms with Crippen LogP contribution in [0.5, 0.6) is 5.75 Å². The van der Waals surface area contributed by atoms with Crippen LogP contribution < -0.4 is 4.74 Å². The van der Waals surface area contributed by atoms with E-state index < -0.39 is 0 Å². The van der Waals surface area contributed by atoms with Crippen LogP contribution in [0.15, 0.2) is 41.2 Å². The molecular formula is C16H17FN2O2S. The maximum absolute atomic E-state index is 12.7. The highest BCUT2D eigenvalue weighted by Crippen LogP contribution is 2.11. The third-order valence-corrected chi connectivity index (χ3v) is 3.55. The van der Waals surface area contributed by atoms with Crippen molar-refractivity contribution in [3.8, 4) is 5.75 Å². The molecule has 0 spiro atoms. The lowest BCUT2D eigenvalue weighted by atomic mass is 10.3. The maximum atomic E-state index is 12.7. The van der Waals surface area contributed by atoms with Crippen LogP contribution in [0.4, 0.5) is 4.39 Å². The molecule has 0 fully saturated rings. The fourth-order valence-corrected chi connectivity index (χ4v) is 2.24. The average Bonchev–Trinajstić information content (AvgIpc) is 3.04. The Bertz CT molecular complexity index is 612. The third-order valence-electron chi connectivity index (χ3n) is 2.94. The second kappa shape index (κ2) is 8.29. The highest BCUT2D eigenvalue weighted by molar-refractivity contribution is 7.07. The van der Waals surface area contributed by atoms with Crippen molar-refractivity contribution >= 4 is 23.3 Å². The van der Waals surface area contributed by atoms with Gasteiger partial charge in [0.2, 0.25) is 5.91 Å². The monoisotopic (exact) mass is 320 g/mol. The van der Waals surface area contributed by atoms with Gasteiger partial charge in [-0.2, -0.15) is 0 Å². The predicted octanol–water partition coefficient (Wildman–Crippen LogP) is 3.22. The lowest BCUT2D eigenvalue weighted by Crippen LogP contribution is -2.26. The van der Waals surface area contributed by atoms with E-state index in [-0.39, 0.29) is 11.7 Å². The van der Waals surface area contributed by atoms with Gasteiger partial charge in [-0.05, 0) is 36.8 Å². The van der Waals surface area contributed by atoms with Gasteiger partial charge in [0, 0.05) is 25.0 Å². The first-order valence-electron chi connectivity index (χ1n) is 6.85. The molecule has 0 aliphatic rings. The number of nitrogens with zero attached hydrogens (tertiary/aromatic N) is 2. The number of carbonyl (C=O) groups is 1. The van der Waals surface area contributed by atoms with Crippen molar-refractivity contribution < 1.29 is 13.9 Å². The normalized spacial score (nSPS) is 10.8. The third kappa shape index (κ3) is 5.29. The summed E-state index contributed by atoms with van der Waals surface area (Å²) >= 11 is 1.49. The molecule has 116 valence electrons. The molecule has 0 saturated heterocycles. The van der Waals surface area contributed by atoms with Crippen LogP contribution in [0.3, 0.4) is 0 Å². The SMILES string of the molecule is CN(CCCOc1ccc(F)cc1)C(=O)/C=C/c1cscn1. The fraction of sp³-hybridized carbons (Fsp3) is 0.250. The second-order valence-corrected chi connectivity index (χ2v) is 5.38. The van der Waals surface area contributed by atoms with Gasteiger partial charge >= 0.3 is 0 Å². The Hall–Kier alpha value is -2.21. The minimum Gasteiger partial charge on any atom is -0.494 e. The zero-order valence-electron chi connectivity index (χ0n) is 12.2. The molecule has 0 saturated carbocycles. The Morgan fingerprint density at radius 1 is 1.41 bits per heavy atom. The first-order chi connectivity index (χ1) is 10.6. The van der Waals surface area contributed by atoms with Crippen LogP contribution in [0, 0.1) is 5.82 Å². The number of thiazole rings is 1. The molecule has 1 aromatic carbocycles. The van der Waals surface area contributed by atoms with E-state index in [0.717, 1.165) is 5.69 Å². The van der Waals surface area contributed by atoms with Gasteiger partial charge in [0.05, 0.1) is 17.8 Å². The van der Waals surface area contributed by atoms with Crippen molar-refractivity contribution in [2.75, 3.05) is 20.2 Å². The van der Waals surface area contributed by atoms with Gasteiger partial charge < -0.3 is 9.64 Å². The van der Waals surface area contributed by atoms with E-state index in [9.17, 15) is 9.18 Å². The number of hydrogen-bond donors (Lipinski definition) is 0. The minimum absolute atomic E-state index is 0.0743. The number of benzene rings is 1. The molecule has 0 N–H and O–H groups in total. The number of rotatable bonds is 7. The van der Waals surface area contributed by atoms with E-state index in [2.05, 4.69) is 4.98 Å². The van der Waals surface area contributed by atoms with Crippen LogP contribution >= 0.6 is 11.3 Å². The van der Waals surface area contributed by atoms with Crippen LogP contribution in [0.1, 0.15) is 12.1 Å². The number of aromatic nitrogens is 1. The highest BCUT2D eigenvalue weighted by atomic mass is 32.1. The predicted molar refractivity (Wildman–Crippen MR) is 85.3 cm³/mol. The lowest BCUT2D eigenvalue weighted by molar-refractivity contribution is -0.124. The Morgan fingerprint density at radius 2 is 2.18 bits per heavy atom. The summed E-state index contributed by atoms with van der Waals surface area (Å²) in [4.78, 5) is 17.6. The topological polar surface area (TPSA) is 42.4 Å². The van der Waals surface area contributed by atoms with E-state index in [4.69, 9.17) is 4.74 Å². The van der Waals surface area contributed by atoms with Gasteiger partial charge in [-0.15, -0.1) is 11.3 Å². The molecule has 0 atom stereocenters. The molecule has 2 rings (SSSR count). The van der Waals surface area contributed by atoms with Crippen molar-refractivity contribution in [1.82, 2.24) is 9.88 Å². The van der Waals surface area contributed by atoms with Crippen molar-refractivity contribution in [3.63, 3.8) is 0 Å². The lowest BCUT2D eigenvalue weighted by Gasteiger charge is -2.15. The van der Waals surface area contributed by atoms with E-state index in [1.807, 2.05) is 5.38 Å². The summed E-state index contributed by atoms with van der Waals surface area (Å²) in [5.74, 6) is 0.262. The van der Waals surface area contributed by atoms with Crippen LogP contribution in [-0.2, 0) is 4.79 Å². The quantitative estimate of drug-likeness (QED) is 0.581. The maximum Gasteiger partial charge on any atom is 0.246 e. The zero-order chi connectivity index (χ0) is 15.8. The molecule has 2 aromatic rings. The van der Waals surface area contributed by atoms with E-state index in [0.29, 0.717) is 25.3 Å². The molecule has 1 heterocycles. The smallest absolute Gasteiger partial charge is 0.246 e. The van der Waals surface area contributed by atoms with Crippen molar-refractivity contribution in [1.29, 1.82) is 0 Å². The number of likely N-dealkylation sites (N-methyl/N-ethyl adjacent to an activating group) is 1. The molecule has 0 aliphatic heterocycles. The molecule has 22 heavy (non-hydrogen) atoms. The summed E-state index contributed by atoms with van der Waals surface area (Å²) in [5.41, 5.74) is 2.51. The Balaban J connectivity index is 1.67. The Kier molecular flexibility index (Phi) is 6.09. The molecule has 0 unspecified atom stereocenters. The number of ether oxygens (including phenoxy) is 1. The molecule has 0 radical (unpaired) electrons. The molecular weight excluding hydrogens is 303 g/mol. The second-order valence-electron chi connectivity index (χ2n) is 4.66. The standard InChI is InChI=1S/C16H17FN2O2S/c1-19(16(20)8-5-14-11-22-12-18-14)9-2-10-21-15-6-3-13(17)4-7-15/h3-8,11-12H,2,9-10H2,1H3/b8-5+. The molecule has 4 nitrogen and oxygen atoms in total. The summed E-state index contributed by atoms with van der Waals surface area (Å²) in [6.07, 6.45) is 3.91. The van der Waals surface area contributed by atoms with E-state index >= 15 is 0 Å².